The highest BCUT2D eigenvalue weighted by Crippen LogP contribution is 2.04. The van der Waals surface area contributed by atoms with Crippen molar-refractivity contribution in [2.45, 2.75) is 38.8 Å². The van der Waals surface area contributed by atoms with E-state index >= 15 is 0 Å². The molecule has 2 atom stereocenters. The van der Waals surface area contributed by atoms with Gasteiger partial charge in [-0.2, -0.15) is 23.5 Å². The van der Waals surface area contributed by atoms with Gasteiger partial charge in [-0.25, -0.2) is 0 Å². The Morgan fingerprint density at radius 3 is 2.62 bits per heavy atom. The summed E-state index contributed by atoms with van der Waals surface area (Å²) in [5.74, 6) is 3.16. The molecule has 1 amide bonds. The topological polar surface area (TPSA) is 55.1 Å². The number of carbonyl (C=O) groups is 1. The van der Waals surface area contributed by atoms with Gasteiger partial charge in [-0.05, 0) is 43.3 Å². The van der Waals surface area contributed by atoms with Crippen molar-refractivity contribution in [1.82, 2.24) is 5.32 Å². The Labute approximate surface area is 108 Å². The Balaban J connectivity index is 3.67. The van der Waals surface area contributed by atoms with Crippen molar-refractivity contribution in [3.05, 3.63) is 0 Å². The van der Waals surface area contributed by atoms with Crippen LogP contribution in [0.5, 0.6) is 0 Å². The van der Waals surface area contributed by atoms with E-state index in [9.17, 15) is 4.79 Å². The molecular weight excluding hydrogens is 240 g/mol. The lowest BCUT2D eigenvalue weighted by atomic mass is 10.2. The maximum atomic E-state index is 11.6. The summed E-state index contributed by atoms with van der Waals surface area (Å²) < 4.78 is 0. The summed E-state index contributed by atoms with van der Waals surface area (Å²) in [4.78, 5) is 11.6. The zero-order valence-corrected chi connectivity index (χ0v) is 12.1. The van der Waals surface area contributed by atoms with Gasteiger partial charge in [0.05, 0.1) is 6.04 Å². The van der Waals surface area contributed by atoms with Crippen molar-refractivity contribution in [3.8, 4) is 0 Å². The summed E-state index contributed by atoms with van der Waals surface area (Å²) in [5, 5.41) is 2.96. The summed E-state index contributed by atoms with van der Waals surface area (Å²) in [7, 11) is 0. The SMILES string of the molecule is CCSCCC(C)NC(=O)[C@@H](N)CCSC. The molecule has 0 aromatic carbocycles. The smallest absolute Gasteiger partial charge is 0.237 e. The maximum absolute atomic E-state index is 11.6. The van der Waals surface area contributed by atoms with Crippen LogP contribution in [-0.4, -0.2) is 41.5 Å². The average Bonchev–Trinajstić information content (AvgIpc) is 2.26. The van der Waals surface area contributed by atoms with E-state index in [1.165, 1.54) is 0 Å². The fraction of sp³-hybridized carbons (Fsp3) is 0.909. The molecule has 3 N–H and O–H groups in total. The number of amides is 1. The highest BCUT2D eigenvalue weighted by Gasteiger charge is 2.14. The van der Waals surface area contributed by atoms with Crippen LogP contribution in [0.15, 0.2) is 0 Å². The first kappa shape index (κ1) is 16.1. The molecule has 96 valence electrons. The zero-order valence-electron chi connectivity index (χ0n) is 10.5. The molecule has 0 saturated carbocycles. The number of thioether (sulfide) groups is 2. The highest BCUT2D eigenvalue weighted by molar-refractivity contribution is 7.99. The first-order chi connectivity index (χ1) is 7.61. The third-order valence-corrected chi connectivity index (χ3v) is 3.83. The molecule has 0 radical (unpaired) electrons. The molecule has 0 spiro atoms. The summed E-state index contributed by atoms with van der Waals surface area (Å²) in [6, 6.07) is -0.124. The first-order valence-corrected chi connectivity index (χ1v) is 8.29. The van der Waals surface area contributed by atoms with Crippen LogP contribution in [0.3, 0.4) is 0 Å². The van der Waals surface area contributed by atoms with Crippen LogP contribution < -0.4 is 11.1 Å². The lowest BCUT2D eigenvalue weighted by Crippen LogP contribution is -2.44. The van der Waals surface area contributed by atoms with Crippen LogP contribution in [0.25, 0.3) is 0 Å². The van der Waals surface area contributed by atoms with E-state index in [2.05, 4.69) is 12.2 Å². The average molecular weight is 264 g/mol. The van der Waals surface area contributed by atoms with Crippen molar-refractivity contribution in [3.63, 3.8) is 0 Å². The molecule has 5 heteroatoms. The molecule has 0 aliphatic carbocycles. The Hall–Kier alpha value is 0.130. The monoisotopic (exact) mass is 264 g/mol. The van der Waals surface area contributed by atoms with Gasteiger partial charge in [-0.15, -0.1) is 0 Å². The number of hydrogen-bond donors (Lipinski definition) is 2. The van der Waals surface area contributed by atoms with Crippen LogP contribution in [0, 0.1) is 0 Å². The first-order valence-electron chi connectivity index (χ1n) is 5.74. The molecule has 16 heavy (non-hydrogen) atoms. The van der Waals surface area contributed by atoms with Crippen molar-refractivity contribution in [2.75, 3.05) is 23.5 Å². The fourth-order valence-corrected chi connectivity index (χ4v) is 2.50. The molecular formula is C11H24N2OS2. The van der Waals surface area contributed by atoms with Crippen LogP contribution in [0.4, 0.5) is 0 Å². The van der Waals surface area contributed by atoms with Gasteiger partial charge in [0.25, 0.3) is 0 Å². The van der Waals surface area contributed by atoms with E-state index in [0.29, 0.717) is 0 Å². The lowest BCUT2D eigenvalue weighted by molar-refractivity contribution is -0.123. The van der Waals surface area contributed by atoms with E-state index in [0.717, 1.165) is 30.1 Å². The second-order valence-corrected chi connectivity index (χ2v) is 6.16. The number of nitrogens with one attached hydrogen (secondary N) is 1. The minimum atomic E-state index is -0.353. The molecule has 0 aromatic rings. The third kappa shape index (κ3) is 8.30. The molecule has 0 saturated heterocycles. The van der Waals surface area contributed by atoms with Gasteiger partial charge in [-0.3, -0.25) is 4.79 Å². The van der Waals surface area contributed by atoms with Crippen LogP contribution >= 0.6 is 23.5 Å². The number of nitrogens with two attached hydrogens (primary N) is 1. The van der Waals surface area contributed by atoms with Crippen LogP contribution in [0.1, 0.15) is 26.7 Å². The van der Waals surface area contributed by atoms with E-state index in [1.54, 1.807) is 11.8 Å². The summed E-state index contributed by atoms with van der Waals surface area (Å²) >= 11 is 3.62. The fourth-order valence-electron chi connectivity index (χ4n) is 1.20. The Morgan fingerprint density at radius 1 is 1.38 bits per heavy atom. The van der Waals surface area contributed by atoms with Gasteiger partial charge in [-0.1, -0.05) is 6.92 Å². The predicted molar refractivity (Wildman–Crippen MR) is 76.2 cm³/mol. The number of rotatable bonds is 9. The van der Waals surface area contributed by atoms with Crippen molar-refractivity contribution in [2.24, 2.45) is 5.73 Å². The number of carbonyl (C=O) groups excluding carboxylic acids is 1. The molecule has 0 fully saturated rings. The summed E-state index contributed by atoms with van der Waals surface area (Å²) in [5.41, 5.74) is 5.78. The zero-order chi connectivity index (χ0) is 12.4. The van der Waals surface area contributed by atoms with E-state index in [-0.39, 0.29) is 18.0 Å². The molecule has 0 bridgehead atoms. The summed E-state index contributed by atoms with van der Waals surface area (Å²) in [6.07, 6.45) is 3.79. The van der Waals surface area contributed by atoms with E-state index in [4.69, 9.17) is 5.73 Å². The van der Waals surface area contributed by atoms with Gasteiger partial charge in [0.2, 0.25) is 5.91 Å². The Morgan fingerprint density at radius 2 is 2.06 bits per heavy atom. The number of hydrogen-bond acceptors (Lipinski definition) is 4. The molecule has 0 aromatic heterocycles. The highest BCUT2D eigenvalue weighted by atomic mass is 32.2. The van der Waals surface area contributed by atoms with Crippen molar-refractivity contribution >= 4 is 29.4 Å². The minimum Gasteiger partial charge on any atom is -0.352 e. The quantitative estimate of drug-likeness (QED) is 0.623. The minimum absolute atomic E-state index is 0.0111. The van der Waals surface area contributed by atoms with E-state index < -0.39 is 0 Å². The molecule has 0 aliphatic heterocycles. The lowest BCUT2D eigenvalue weighted by Gasteiger charge is -2.17. The Kier molecular flexibility index (Phi) is 10.4. The third-order valence-electron chi connectivity index (χ3n) is 2.26. The van der Waals surface area contributed by atoms with Crippen molar-refractivity contribution < 1.29 is 4.79 Å². The predicted octanol–water partition coefficient (Wildman–Crippen LogP) is 1.71. The van der Waals surface area contributed by atoms with E-state index in [1.807, 2.05) is 24.9 Å². The molecule has 1 unspecified atom stereocenters. The Bertz CT molecular complexity index is 191. The molecule has 0 aliphatic rings. The van der Waals surface area contributed by atoms with Crippen LogP contribution in [0.2, 0.25) is 0 Å². The summed E-state index contributed by atoms with van der Waals surface area (Å²) in [6.45, 7) is 4.18. The van der Waals surface area contributed by atoms with Crippen LogP contribution in [-0.2, 0) is 4.79 Å². The second kappa shape index (κ2) is 10.3. The largest absolute Gasteiger partial charge is 0.352 e. The second-order valence-electron chi connectivity index (χ2n) is 3.78. The molecule has 0 rings (SSSR count). The van der Waals surface area contributed by atoms with Gasteiger partial charge in [0, 0.05) is 6.04 Å². The normalized spacial score (nSPS) is 14.5. The van der Waals surface area contributed by atoms with Crippen molar-refractivity contribution in [1.29, 1.82) is 0 Å². The molecule has 3 nitrogen and oxygen atoms in total. The van der Waals surface area contributed by atoms with Gasteiger partial charge in [0.1, 0.15) is 0 Å². The van der Waals surface area contributed by atoms with Gasteiger partial charge >= 0.3 is 0 Å². The maximum Gasteiger partial charge on any atom is 0.237 e. The standard InChI is InChI=1S/C11H24N2OS2/c1-4-16-8-5-9(2)13-11(14)10(12)6-7-15-3/h9-10H,4-8,12H2,1-3H3,(H,13,14)/t9?,10-/m0/s1. The molecule has 0 heterocycles. The van der Waals surface area contributed by atoms with Gasteiger partial charge in [0.15, 0.2) is 0 Å². The van der Waals surface area contributed by atoms with Gasteiger partial charge < -0.3 is 11.1 Å².